The third-order valence-corrected chi connectivity index (χ3v) is 3.37. The van der Waals surface area contributed by atoms with Gasteiger partial charge in [0, 0.05) is 26.2 Å². The topological polar surface area (TPSA) is 75.4 Å². The van der Waals surface area contributed by atoms with Crippen molar-refractivity contribution < 1.29 is 8.42 Å². The average molecular weight is 235 g/mol. The fourth-order valence-corrected chi connectivity index (χ4v) is 2.51. The number of rotatable bonds is 5. The monoisotopic (exact) mass is 235 g/mol. The quantitative estimate of drug-likeness (QED) is 0.654. The van der Waals surface area contributed by atoms with Crippen LogP contribution >= 0.6 is 0 Å². The number of nitrogens with two attached hydrogens (primary N) is 1. The van der Waals surface area contributed by atoms with Gasteiger partial charge in [0.05, 0.1) is 6.26 Å². The minimum atomic E-state index is -3.05. The zero-order valence-electron chi connectivity index (χ0n) is 9.28. The molecule has 5 nitrogen and oxygen atoms in total. The maximum absolute atomic E-state index is 10.9. The Balaban J connectivity index is 2.30. The van der Waals surface area contributed by atoms with Gasteiger partial charge in [0.15, 0.2) is 0 Å². The van der Waals surface area contributed by atoms with Crippen LogP contribution in [0.2, 0.25) is 0 Å². The highest BCUT2D eigenvalue weighted by Crippen LogP contribution is 2.15. The molecule has 0 radical (unpaired) electrons. The highest BCUT2D eigenvalue weighted by Gasteiger charge is 2.19. The van der Waals surface area contributed by atoms with Crippen LogP contribution in [0.1, 0.15) is 12.8 Å². The van der Waals surface area contributed by atoms with Gasteiger partial charge >= 0.3 is 0 Å². The standard InChI is InChI=1S/C9H21N3O2S/c1-15(13,14)11-7-9-3-2-5-12(8-9)6-4-10/h9,11H,2-8,10H2,1H3. The Labute approximate surface area is 92.1 Å². The van der Waals surface area contributed by atoms with E-state index in [0.717, 1.165) is 32.5 Å². The minimum Gasteiger partial charge on any atom is -0.329 e. The zero-order chi connectivity index (χ0) is 11.3. The summed E-state index contributed by atoms with van der Waals surface area (Å²) in [5.41, 5.74) is 5.49. The molecular weight excluding hydrogens is 214 g/mol. The van der Waals surface area contributed by atoms with Gasteiger partial charge in [-0.25, -0.2) is 13.1 Å². The highest BCUT2D eigenvalue weighted by molar-refractivity contribution is 7.88. The molecule has 3 N–H and O–H groups in total. The van der Waals surface area contributed by atoms with Crippen LogP contribution in [0.25, 0.3) is 0 Å². The van der Waals surface area contributed by atoms with E-state index in [9.17, 15) is 8.42 Å². The third kappa shape index (κ3) is 5.46. The summed E-state index contributed by atoms with van der Waals surface area (Å²) >= 11 is 0. The van der Waals surface area contributed by atoms with Gasteiger partial charge in [-0.1, -0.05) is 0 Å². The van der Waals surface area contributed by atoms with Crippen LogP contribution in [0.4, 0.5) is 0 Å². The van der Waals surface area contributed by atoms with Crippen molar-refractivity contribution in [3.63, 3.8) is 0 Å². The molecule has 1 saturated heterocycles. The maximum Gasteiger partial charge on any atom is 0.208 e. The van der Waals surface area contributed by atoms with Crippen LogP contribution in [-0.2, 0) is 10.0 Å². The summed E-state index contributed by atoms with van der Waals surface area (Å²) in [7, 11) is -3.05. The highest BCUT2D eigenvalue weighted by atomic mass is 32.2. The molecule has 1 atom stereocenters. The van der Waals surface area contributed by atoms with Crippen LogP contribution in [0.5, 0.6) is 0 Å². The summed E-state index contributed by atoms with van der Waals surface area (Å²) in [5, 5.41) is 0. The summed E-state index contributed by atoms with van der Waals surface area (Å²) in [4.78, 5) is 2.30. The summed E-state index contributed by atoms with van der Waals surface area (Å²) in [6.45, 7) is 4.19. The molecule has 0 aliphatic carbocycles. The number of hydrogen-bond acceptors (Lipinski definition) is 4. The molecule has 15 heavy (non-hydrogen) atoms. The molecule has 0 aromatic rings. The smallest absolute Gasteiger partial charge is 0.208 e. The molecule has 0 spiro atoms. The number of nitrogens with one attached hydrogen (secondary N) is 1. The summed E-state index contributed by atoms with van der Waals surface area (Å²) in [6, 6.07) is 0. The molecule has 1 fully saturated rings. The maximum atomic E-state index is 10.9. The van der Waals surface area contributed by atoms with Gasteiger partial charge in [0.2, 0.25) is 10.0 Å². The Hall–Kier alpha value is -0.170. The van der Waals surface area contributed by atoms with Gasteiger partial charge in [-0.15, -0.1) is 0 Å². The van der Waals surface area contributed by atoms with E-state index < -0.39 is 10.0 Å². The van der Waals surface area contributed by atoms with E-state index in [-0.39, 0.29) is 0 Å². The lowest BCUT2D eigenvalue weighted by molar-refractivity contribution is 0.180. The lowest BCUT2D eigenvalue weighted by Gasteiger charge is -2.32. The lowest BCUT2D eigenvalue weighted by Crippen LogP contribution is -2.42. The Kier molecular flexibility index (Phi) is 4.98. The average Bonchev–Trinajstić information content (AvgIpc) is 2.15. The van der Waals surface area contributed by atoms with E-state index in [1.165, 1.54) is 6.26 Å². The fraction of sp³-hybridized carbons (Fsp3) is 1.00. The Bertz CT molecular complexity index is 277. The van der Waals surface area contributed by atoms with E-state index in [4.69, 9.17) is 5.73 Å². The molecule has 0 bridgehead atoms. The molecule has 6 heteroatoms. The first-order valence-electron chi connectivity index (χ1n) is 5.38. The number of sulfonamides is 1. The zero-order valence-corrected chi connectivity index (χ0v) is 10.1. The Morgan fingerprint density at radius 2 is 2.27 bits per heavy atom. The Morgan fingerprint density at radius 3 is 2.87 bits per heavy atom. The number of piperidine rings is 1. The predicted octanol–water partition coefficient (Wildman–Crippen LogP) is -0.794. The Morgan fingerprint density at radius 1 is 1.53 bits per heavy atom. The molecule has 0 amide bonds. The first-order valence-corrected chi connectivity index (χ1v) is 7.27. The number of hydrogen-bond donors (Lipinski definition) is 2. The summed E-state index contributed by atoms with van der Waals surface area (Å²) in [5.74, 6) is 0.431. The summed E-state index contributed by atoms with van der Waals surface area (Å²) < 4.78 is 24.4. The fourth-order valence-electron chi connectivity index (χ4n) is 1.97. The molecule has 1 rings (SSSR count). The van der Waals surface area contributed by atoms with Gasteiger partial charge in [-0.3, -0.25) is 0 Å². The lowest BCUT2D eigenvalue weighted by atomic mass is 9.98. The van der Waals surface area contributed by atoms with Crippen LogP contribution < -0.4 is 10.5 Å². The molecular formula is C9H21N3O2S. The van der Waals surface area contributed by atoms with Crippen LogP contribution in [0, 0.1) is 5.92 Å². The van der Waals surface area contributed by atoms with Crippen LogP contribution in [0.3, 0.4) is 0 Å². The SMILES string of the molecule is CS(=O)(=O)NCC1CCCN(CCN)C1. The molecule has 1 unspecified atom stereocenters. The van der Waals surface area contributed by atoms with Gasteiger partial charge < -0.3 is 10.6 Å². The largest absolute Gasteiger partial charge is 0.329 e. The van der Waals surface area contributed by atoms with E-state index in [0.29, 0.717) is 19.0 Å². The van der Waals surface area contributed by atoms with Crippen molar-refractivity contribution in [1.29, 1.82) is 0 Å². The van der Waals surface area contributed by atoms with Gasteiger partial charge in [-0.2, -0.15) is 0 Å². The van der Waals surface area contributed by atoms with E-state index >= 15 is 0 Å². The van der Waals surface area contributed by atoms with Crippen molar-refractivity contribution >= 4 is 10.0 Å². The van der Waals surface area contributed by atoms with Gasteiger partial charge in [0.25, 0.3) is 0 Å². The van der Waals surface area contributed by atoms with E-state index in [1.807, 2.05) is 0 Å². The van der Waals surface area contributed by atoms with Crippen molar-refractivity contribution in [2.24, 2.45) is 11.7 Å². The second kappa shape index (κ2) is 5.79. The first kappa shape index (κ1) is 12.9. The van der Waals surface area contributed by atoms with Gasteiger partial charge in [-0.05, 0) is 25.3 Å². The molecule has 1 aliphatic heterocycles. The first-order chi connectivity index (χ1) is 7.01. The molecule has 90 valence electrons. The number of nitrogens with zero attached hydrogens (tertiary/aromatic N) is 1. The van der Waals surface area contributed by atoms with Crippen molar-refractivity contribution in [2.75, 3.05) is 39.0 Å². The second-order valence-corrected chi connectivity index (χ2v) is 6.05. The minimum absolute atomic E-state index is 0.431. The van der Waals surface area contributed by atoms with Crippen molar-refractivity contribution in [3.05, 3.63) is 0 Å². The molecule has 1 heterocycles. The van der Waals surface area contributed by atoms with Crippen molar-refractivity contribution in [3.8, 4) is 0 Å². The van der Waals surface area contributed by atoms with Crippen LogP contribution in [0.15, 0.2) is 0 Å². The van der Waals surface area contributed by atoms with E-state index in [1.54, 1.807) is 0 Å². The molecule has 1 aliphatic rings. The summed E-state index contributed by atoms with van der Waals surface area (Å²) in [6.07, 6.45) is 3.44. The molecule has 0 aromatic heterocycles. The normalized spacial score (nSPS) is 24.3. The van der Waals surface area contributed by atoms with Crippen LogP contribution in [-0.4, -0.2) is 52.3 Å². The van der Waals surface area contributed by atoms with Gasteiger partial charge in [0.1, 0.15) is 0 Å². The third-order valence-electron chi connectivity index (χ3n) is 2.68. The second-order valence-electron chi connectivity index (χ2n) is 4.22. The molecule has 0 aromatic carbocycles. The molecule has 0 saturated carbocycles. The number of likely N-dealkylation sites (tertiary alicyclic amines) is 1. The van der Waals surface area contributed by atoms with Crippen molar-refractivity contribution in [1.82, 2.24) is 9.62 Å². The van der Waals surface area contributed by atoms with E-state index in [2.05, 4.69) is 9.62 Å². The predicted molar refractivity (Wildman–Crippen MR) is 61.1 cm³/mol. The van der Waals surface area contributed by atoms with Crippen molar-refractivity contribution in [2.45, 2.75) is 12.8 Å².